The van der Waals surface area contributed by atoms with Crippen LogP contribution in [0, 0.1) is 5.92 Å². The highest BCUT2D eigenvalue weighted by atomic mass is 16.5. The lowest BCUT2D eigenvalue weighted by Gasteiger charge is -2.29. The van der Waals surface area contributed by atoms with Crippen molar-refractivity contribution < 1.29 is 18.5 Å². The third-order valence-electron chi connectivity index (χ3n) is 6.34. The smallest absolute Gasteiger partial charge is 0.288 e. The predicted octanol–water partition coefficient (Wildman–Crippen LogP) is 3.03. The fraction of sp³-hybridized carbons (Fsp3) is 0.435. The van der Waals surface area contributed by atoms with Crippen molar-refractivity contribution in [2.24, 2.45) is 5.92 Å². The van der Waals surface area contributed by atoms with E-state index in [0.29, 0.717) is 24.6 Å². The maximum atomic E-state index is 13.2. The second-order valence-electron chi connectivity index (χ2n) is 8.43. The normalized spacial score (nSPS) is 23.2. The van der Waals surface area contributed by atoms with Crippen molar-refractivity contribution in [3.05, 3.63) is 54.6 Å². The summed E-state index contributed by atoms with van der Waals surface area (Å²) in [6.07, 6.45) is 6.90. The molecule has 1 saturated carbocycles. The molecule has 9 nitrogen and oxygen atoms in total. The highest BCUT2D eigenvalue weighted by molar-refractivity contribution is 5.91. The van der Waals surface area contributed by atoms with Gasteiger partial charge in [0, 0.05) is 30.6 Å². The summed E-state index contributed by atoms with van der Waals surface area (Å²) >= 11 is 0. The van der Waals surface area contributed by atoms with Gasteiger partial charge >= 0.3 is 0 Å². The molecule has 1 aliphatic carbocycles. The summed E-state index contributed by atoms with van der Waals surface area (Å²) in [5.74, 6) is 0.369. The highest BCUT2D eigenvalue weighted by Crippen LogP contribution is 2.40. The van der Waals surface area contributed by atoms with Crippen LogP contribution in [-0.4, -0.2) is 51.0 Å². The fourth-order valence-corrected chi connectivity index (χ4v) is 4.70. The highest BCUT2D eigenvalue weighted by Gasteiger charge is 2.44. The van der Waals surface area contributed by atoms with Crippen molar-refractivity contribution in [1.29, 1.82) is 0 Å². The van der Waals surface area contributed by atoms with E-state index in [0.717, 1.165) is 37.9 Å². The summed E-state index contributed by atoms with van der Waals surface area (Å²) in [6.45, 7) is 1.60. The molecule has 5 rings (SSSR count). The molecular weight excluding hydrogens is 410 g/mol. The summed E-state index contributed by atoms with van der Waals surface area (Å²) in [5, 5.41) is 7.13. The number of nitrogens with one attached hydrogen (secondary N) is 1. The molecule has 32 heavy (non-hydrogen) atoms. The van der Waals surface area contributed by atoms with Crippen molar-refractivity contribution in [2.75, 3.05) is 13.1 Å². The Labute approximate surface area is 185 Å². The zero-order valence-corrected chi connectivity index (χ0v) is 17.6. The van der Waals surface area contributed by atoms with Crippen molar-refractivity contribution in [3.63, 3.8) is 0 Å². The van der Waals surface area contributed by atoms with Gasteiger partial charge in [-0.3, -0.25) is 9.59 Å². The topological polar surface area (TPSA) is 114 Å². The lowest BCUT2D eigenvalue weighted by atomic mass is 10.0. The largest absolute Gasteiger partial charge is 0.438 e. The molecule has 1 N–H and O–H groups in total. The first-order valence-electron chi connectivity index (χ1n) is 11.1. The lowest BCUT2D eigenvalue weighted by Crippen LogP contribution is -2.40. The molecule has 9 heteroatoms. The van der Waals surface area contributed by atoms with E-state index in [-0.39, 0.29) is 35.5 Å². The molecule has 0 unspecified atom stereocenters. The Morgan fingerprint density at radius 2 is 1.88 bits per heavy atom. The number of likely N-dealkylation sites (tertiary alicyclic amines) is 1. The zero-order chi connectivity index (χ0) is 21.9. The fourth-order valence-electron chi connectivity index (χ4n) is 4.70. The van der Waals surface area contributed by atoms with Crippen LogP contribution in [0.5, 0.6) is 0 Å². The second kappa shape index (κ2) is 8.94. The van der Waals surface area contributed by atoms with Gasteiger partial charge in [0.05, 0.1) is 12.1 Å². The number of piperidine rings is 1. The second-order valence-corrected chi connectivity index (χ2v) is 8.43. The van der Waals surface area contributed by atoms with E-state index in [9.17, 15) is 9.59 Å². The van der Waals surface area contributed by atoms with Crippen molar-refractivity contribution in [1.82, 2.24) is 25.3 Å². The number of hydrogen-bond acceptors (Lipinski definition) is 7. The number of aromatic nitrogens is 3. The van der Waals surface area contributed by atoms with Crippen LogP contribution in [0.15, 0.2) is 51.9 Å². The lowest BCUT2D eigenvalue weighted by molar-refractivity contribution is -0.136. The van der Waals surface area contributed by atoms with Crippen LogP contribution in [0.4, 0.5) is 0 Å². The minimum Gasteiger partial charge on any atom is -0.438 e. The quantitative estimate of drug-likeness (QED) is 0.655. The van der Waals surface area contributed by atoms with Gasteiger partial charge < -0.3 is 19.2 Å². The van der Waals surface area contributed by atoms with E-state index in [4.69, 9.17) is 8.94 Å². The van der Waals surface area contributed by atoms with E-state index in [2.05, 4.69) is 20.4 Å². The molecule has 2 fully saturated rings. The standard InChI is InChI=1S/C23H25N5O4/c29-21(19-13-24-14-31-19)25-18-12-16(23(30)28-9-5-2-6-10-28)11-17(18)22-26-20(27-32-22)15-7-3-1-4-8-15/h1,3-4,7-8,13-14,16-18H,2,5-6,9-12H2,(H,25,29)/t16-,17-,18+/m0/s1. The Morgan fingerprint density at radius 1 is 1.06 bits per heavy atom. The van der Waals surface area contributed by atoms with Gasteiger partial charge in [-0.1, -0.05) is 35.5 Å². The number of nitrogens with zero attached hydrogens (tertiary/aromatic N) is 4. The molecule has 3 aromatic rings. The number of carbonyl (C=O) groups is 2. The van der Waals surface area contributed by atoms with Crippen LogP contribution >= 0.6 is 0 Å². The maximum Gasteiger partial charge on any atom is 0.288 e. The summed E-state index contributed by atoms with van der Waals surface area (Å²) in [6, 6.07) is 9.25. The number of hydrogen-bond donors (Lipinski definition) is 1. The summed E-state index contributed by atoms with van der Waals surface area (Å²) < 4.78 is 10.7. The SMILES string of the molecule is O=C(N[C@@H]1C[C@@H](C(=O)N2CCCCC2)C[C@@H]1c1nc(-c2ccccc2)no1)c1cnco1. The van der Waals surface area contributed by atoms with Gasteiger partial charge in [-0.25, -0.2) is 4.98 Å². The van der Waals surface area contributed by atoms with E-state index in [1.165, 1.54) is 12.6 Å². The third kappa shape index (κ3) is 4.15. The van der Waals surface area contributed by atoms with Crippen LogP contribution in [0.2, 0.25) is 0 Å². The van der Waals surface area contributed by atoms with E-state index < -0.39 is 0 Å². The van der Waals surface area contributed by atoms with Crippen LogP contribution < -0.4 is 5.32 Å². The van der Waals surface area contributed by atoms with Crippen LogP contribution in [0.1, 0.15) is 54.5 Å². The first kappa shape index (κ1) is 20.4. The molecule has 0 radical (unpaired) electrons. The minimum atomic E-state index is -0.369. The van der Waals surface area contributed by atoms with Crippen LogP contribution in [-0.2, 0) is 4.79 Å². The van der Waals surface area contributed by atoms with Gasteiger partial charge in [0.15, 0.2) is 6.39 Å². The van der Waals surface area contributed by atoms with Gasteiger partial charge in [0.1, 0.15) is 0 Å². The Bertz CT molecular complexity index is 1060. The van der Waals surface area contributed by atoms with Crippen LogP contribution in [0.25, 0.3) is 11.4 Å². The van der Waals surface area contributed by atoms with Gasteiger partial charge in [-0.2, -0.15) is 4.98 Å². The molecule has 1 aliphatic heterocycles. The number of oxazole rings is 1. The number of rotatable bonds is 5. The van der Waals surface area contributed by atoms with E-state index in [1.807, 2.05) is 35.2 Å². The number of carbonyl (C=O) groups excluding carboxylic acids is 2. The third-order valence-corrected chi connectivity index (χ3v) is 6.34. The monoisotopic (exact) mass is 435 g/mol. The maximum absolute atomic E-state index is 13.2. The molecule has 1 saturated heterocycles. The Hall–Kier alpha value is -3.49. The van der Waals surface area contributed by atoms with Crippen LogP contribution in [0.3, 0.4) is 0 Å². The van der Waals surface area contributed by atoms with Gasteiger partial charge in [-0.15, -0.1) is 0 Å². The Morgan fingerprint density at radius 3 is 2.62 bits per heavy atom. The Balaban J connectivity index is 1.38. The average Bonchev–Trinajstić information content (AvgIpc) is 3.60. The molecule has 0 bridgehead atoms. The van der Waals surface area contributed by atoms with Gasteiger partial charge in [0.2, 0.25) is 23.4 Å². The first-order valence-corrected chi connectivity index (χ1v) is 11.1. The van der Waals surface area contributed by atoms with E-state index in [1.54, 1.807) is 0 Å². The first-order chi connectivity index (χ1) is 15.7. The van der Waals surface area contributed by atoms with Crippen molar-refractivity contribution in [2.45, 2.75) is 44.1 Å². The number of amides is 2. The van der Waals surface area contributed by atoms with Gasteiger partial charge in [-0.05, 0) is 32.1 Å². The molecule has 2 amide bonds. The zero-order valence-electron chi connectivity index (χ0n) is 17.6. The summed E-state index contributed by atoms with van der Waals surface area (Å²) in [4.78, 5) is 36.2. The molecule has 2 aliphatic rings. The summed E-state index contributed by atoms with van der Waals surface area (Å²) in [7, 11) is 0. The predicted molar refractivity (Wildman–Crippen MR) is 113 cm³/mol. The van der Waals surface area contributed by atoms with Crippen molar-refractivity contribution in [3.8, 4) is 11.4 Å². The molecular formula is C23H25N5O4. The molecule has 3 atom stereocenters. The molecule has 3 heterocycles. The molecule has 2 aromatic heterocycles. The number of benzene rings is 1. The molecule has 166 valence electrons. The average molecular weight is 435 g/mol. The summed E-state index contributed by atoms with van der Waals surface area (Å²) in [5.41, 5.74) is 0.851. The molecule has 0 spiro atoms. The minimum absolute atomic E-state index is 0.130. The molecule has 1 aromatic carbocycles. The van der Waals surface area contributed by atoms with Gasteiger partial charge in [0.25, 0.3) is 5.91 Å². The van der Waals surface area contributed by atoms with Crippen molar-refractivity contribution >= 4 is 11.8 Å². The Kier molecular flexibility index (Phi) is 5.70. The van der Waals surface area contributed by atoms with E-state index >= 15 is 0 Å².